The topological polar surface area (TPSA) is 84.5 Å². The second kappa shape index (κ2) is 6.10. The quantitative estimate of drug-likeness (QED) is 0.805. The number of methoxy groups -OCH3 is 1. The number of halogens is 2. The van der Waals surface area contributed by atoms with Crippen LogP contribution in [-0.2, 0) is 20.2 Å². The van der Waals surface area contributed by atoms with E-state index in [9.17, 15) is 17.6 Å². The monoisotopic (exact) mass is 410 g/mol. The molecule has 1 aliphatic heterocycles. The van der Waals surface area contributed by atoms with Crippen LogP contribution in [0.4, 0.5) is 15.8 Å². The van der Waals surface area contributed by atoms with Crippen LogP contribution in [-0.4, -0.2) is 21.4 Å². The van der Waals surface area contributed by atoms with Gasteiger partial charge in [-0.25, -0.2) is 12.8 Å². The molecule has 1 saturated carbocycles. The molecule has 0 atom stereocenters. The summed E-state index contributed by atoms with van der Waals surface area (Å²) < 4.78 is 46.7. The van der Waals surface area contributed by atoms with Crippen LogP contribution in [0.2, 0.25) is 5.02 Å². The summed E-state index contributed by atoms with van der Waals surface area (Å²) in [5.41, 5.74) is 0.771. The molecule has 2 aromatic carbocycles. The molecule has 0 unspecified atom stereocenters. The van der Waals surface area contributed by atoms with Crippen LogP contribution >= 0.6 is 11.6 Å². The minimum Gasteiger partial charge on any atom is -0.492 e. The zero-order valence-electron chi connectivity index (χ0n) is 14.3. The van der Waals surface area contributed by atoms with Gasteiger partial charge in [-0.05, 0) is 42.7 Å². The SMILES string of the molecule is COc1c(F)cccc1S(=O)(=O)Nc1cc(Cl)c2c(c1)C1(CCC1)C(=O)N2. The van der Waals surface area contributed by atoms with Gasteiger partial charge in [-0.1, -0.05) is 24.1 Å². The van der Waals surface area contributed by atoms with Gasteiger partial charge in [-0.2, -0.15) is 0 Å². The summed E-state index contributed by atoms with van der Waals surface area (Å²) in [6.45, 7) is 0. The van der Waals surface area contributed by atoms with Crippen LogP contribution in [0.15, 0.2) is 35.2 Å². The minimum atomic E-state index is -4.13. The largest absolute Gasteiger partial charge is 0.492 e. The number of hydrogen-bond acceptors (Lipinski definition) is 4. The Balaban J connectivity index is 1.76. The smallest absolute Gasteiger partial charge is 0.265 e. The number of nitrogens with one attached hydrogen (secondary N) is 2. The van der Waals surface area contributed by atoms with Crippen molar-refractivity contribution in [2.75, 3.05) is 17.1 Å². The van der Waals surface area contributed by atoms with Gasteiger partial charge in [0.2, 0.25) is 5.91 Å². The highest BCUT2D eigenvalue weighted by atomic mass is 35.5. The maximum atomic E-state index is 13.9. The summed E-state index contributed by atoms with van der Waals surface area (Å²) in [4.78, 5) is 12.0. The third-order valence-electron chi connectivity index (χ3n) is 5.16. The number of benzene rings is 2. The van der Waals surface area contributed by atoms with E-state index in [2.05, 4.69) is 10.0 Å². The number of sulfonamides is 1. The highest BCUT2D eigenvalue weighted by Gasteiger charge is 2.51. The first kappa shape index (κ1) is 18.1. The Bertz CT molecular complexity index is 1070. The molecule has 142 valence electrons. The third-order valence-corrected chi connectivity index (χ3v) is 6.87. The predicted molar refractivity (Wildman–Crippen MR) is 99.4 cm³/mol. The van der Waals surface area contributed by atoms with Crippen LogP contribution in [0.5, 0.6) is 5.75 Å². The lowest BCUT2D eigenvalue weighted by Gasteiger charge is -2.36. The van der Waals surface area contributed by atoms with Crippen molar-refractivity contribution in [2.24, 2.45) is 0 Å². The van der Waals surface area contributed by atoms with Gasteiger partial charge in [-0.15, -0.1) is 0 Å². The molecule has 1 aliphatic carbocycles. The second-order valence-corrected chi connectivity index (χ2v) is 8.71. The Labute approximate surface area is 160 Å². The molecule has 2 aromatic rings. The average molecular weight is 411 g/mol. The van der Waals surface area contributed by atoms with E-state index < -0.39 is 21.3 Å². The third kappa shape index (κ3) is 2.66. The molecule has 0 aromatic heterocycles. The number of amides is 1. The number of rotatable bonds is 4. The predicted octanol–water partition coefficient (Wildman–Crippen LogP) is 3.66. The van der Waals surface area contributed by atoms with E-state index in [1.807, 2.05) is 0 Å². The van der Waals surface area contributed by atoms with E-state index in [4.69, 9.17) is 16.3 Å². The van der Waals surface area contributed by atoms with Crippen molar-refractivity contribution in [3.8, 4) is 5.75 Å². The van der Waals surface area contributed by atoms with Crippen molar-refractivity contribution in [3.63, 3.8) is 0 Å². The van der Waals surface area contributed by atoms with E-state index >= 15 is 0 Å². The lowest BCUT2D eigenvalue weighted by atomic mass is 9.65. The van der Waals surface area contributed by atoms with E-state index in [0.29, 0.717) is 24.1 Å². The number of carbonyl (C=O) groups excluding carboxylic acids is 1. The molecular weight excluding hydrogens is 395 g/mol. The fraction of sp³-hybridized carbons (Fsp3) is 0.278. The normalized spacial score (nSPS) is 17.2. The zero-order chi connectivity index (χ0) is 19.4. The van der Waals surface area contributed by atoms with Crippen molar-refractivity contribution in [1.82, 2.24) is 0 Å². The number of para-hydroxylation sites is 1. The van der Waals surface area contributed by atoms with Gasteiger partial charge in [0.05, 0.1) is 28.9 Å². The van der Waals surface area contributed by atoms with Crippen molar-refractivity contribution in [1.29, 1.82) is 0 Å². The summed E-state index contributed by atoms with van der Waals surface area (Å²) in [6, 6.07) is 6.68. The molecule has 4 rings (SSSR count). The van der Waals surface area contributed by atoms with Gasteiger partial charge in [0, 0.05) is 0 Å². The van der Waals surface area contributed by atoms with Crippen molar-refractivity contribution in [2.45, 2.75) is 29.6 Å². The maximum absolute atomic E-state index is 13.9. The van der Waals surface area contributed by atoms with Gasteiger partial charge >= 0.3 is 0 Å². The van der Waals surface area contributed by atoms with E-state index in [0.717, 1.165) is 12.5 Å². The Morgan fingerprint density at radius 2 is 2.04 bits per heavy atom. The van der Waals surface area contributed by atoms with Crippen molar-refractivity contribution < 1.29 is 22.3 Å². The molecule has 1 amide bonds. The molecule has 1 heterocycles. The number of anilines is 2. The number of ether oxygens (including phenoxy) is 1. The molecule has 6 nitrogen and oxygen atoms in total. The number of hydrogen-bond donors (Lipinski definition) is 2. The lowest BCUT2D eigenvalue weighted by Crippen LogP contribution is -2.40. The molecule has 1 fully saturated rings. The number of carbonyl (C=O) groups is 1. The van der Waals surface area contributed by atoms with Gasteiger partial charge < -0.3 is 10.1 Å². The van der Waals surface area contributed by atoms with Crippen molar-refractivity contribution in [3.05, 3.63) is 46.7 Å². The fourth-order valence-corrected chi connectivity index (χ4v) is 5.15. The Kier molecular flexibility index (Phi) is 4.08. The highest BCUT2D eigenvalue weighted by molar-refractivity contribution is 7.92. The molecule has 0 saturated heterocycles. The van der Waals surface area contributed by atoms with Crippen LogP contribution in [0.25, 0.3) is 0 Å². The molecule has 27 heavy (non-hydrogen) atoms. The van der Waals surface area contributed by atoms with Crippen LogP contribution in [0, 0.1) is 5.82 Å². The molecule has 2 aliphatic rings. The van der Waals surface area contributed by atoms with Gasteiger partial charge in [0.15, 0.2) is 11.6 Å². The summed E-state index contributed by atoms with van der Waals surface area (Å²) >= 11 is 6.27. The van der Waals surface area contributed by atoms with Crippen LogP contribution < -0.4 is 14.8 Å². The Morgan fingerprint density at radius 3 is 2.67 bits per heavy atom. The molecule has 0 radical (unpaired) electrons. The summed E-state index contributed by atoms with van der Waals surface area (Å²) in [5.74, 6) is -1.27. The highest BCUT2D eigenvalue weighted by Crippen LogP contribution is 2.53. The van der Waals surface area contributed by atoms with E-state index in [1.165, 1.54) is 25.3 Å². The maximum Gasteiger partial charge on any atom is 0.265 e. The average Bonchev–Trinajstić information content (AvgIpc) is 2.87. The first-order chi connectivity index (χ1) is 12.8. The minimum absolute atomic E-state index is 0.113. The second-order valence-electron chi connectivity index (χ2n) is 6.65. The van der Waals surface area contributed by atoms with Crippen LogP contribution in [0.3, 0.4) is 0 Å². The van der Waals surface area contributed by atoms with Gasteiger partial charge in [0.25, 0.3) is 10.0 Å². The number of fused-ring (bicyclic) bond motifs is 2. The van der Waals surface area contributed by atoms with Gasteiger partial charge in [0.1, 0.15) is 4.90 Å². The van der Waals surface area contributed by atoms with E-state index in [1.54, 1.807) is 6.07 Å². The summed E-state index contributed by atoms with van der Waals surface area (Å²) in [5, 5.41) is 3.03. The first-order valence-electron chi connectivity index (χ1n) is 8.29. The van der Waals surface area contributed by atoms with Crippen molar-refractivity contribution >= 4 is 38.9 Å². The first-order valence-corrected chi connectivity index (χ1v) is 10.2. The summed E-state index contributed by atoms with van der Waals surface area (Å²) in [6.07, 6.45) is 2.30. The molecular formula is C18H16ClFN2O4S. The standard InChI is InChI=1S/C18H16ClFN2O4S/c1-26-16-13(20)4-2-5-14(16)27(24,25)22-10-8-11-15(12(19)9-10)21-17(23)18(11)6-3-7-18/h2,4-5,8-9,22H,3,6-7H2,1H3,(H,21,23). The van der Waals surface area contributed by atoms with E-state index in [-0.39, 0.29) is 27.3 Å². The lowest BCUT2D eigenvalue weighted by molar-refractivity contribution is -0.123. The Morgan fingerprint density at radius 1 is 1.30 bits per heavy atom. The Hall–Kier alpha value is -2.32. The molecule has 2 N–H and O–H groups in total. The van der Waals surface area contributed by atoms with Gasteiger partial charge in [-0.3, -0.25) is 9.52 Å². The molecule has 9 heteroatoms. The molecule has 0 bridgehead atoms. The zero-order valence-corrected chi connectivity index (χ0v) is 15.9. The summed E-state index contributed by atoms with van der Waals surface area (Å²) in [7, 11) is -2.94. The molecule has 1 spiro atoms. The fourth-order valence-electron chi connectivity index (χ4n) is 3.66. The van der Waals surface area contributed by atoms with Crippen LogP contribution in [0.1, 0.15) is 24.8 Å².